The maximum atomic E-state index is 3.82. The molecule has 3 saturated carbocycles. The van der Waals surface area contributed by atoms with Gasteiger partial charge in [0.15, 0.2) is 0 Å². The van der Waals surface area contributed by atoms with Gasteiger partial charge in [-0.15, -0.1) is 0 Å². The Bertz CT molecular complexity index is 1030. The average Bonchev–Trinajstić information content (AvgIpc) is 3.34. The van der Waals surface area contributed by atoms with Gasteiger partial charge in [-0.25, -0.2) is 0 Å². The predicted octanol–water partition coefficient (Wildman–Crippen LogP) is 9.20. The first-order valence-electron chi connectivity index (χ1n) is 14.9. The molecule has 0 radical (unpaired) electrons. The number of hydrogen-bond acceptors (Lipinski definition) is 0. The van der Waals surface area contributed by atoms with E-state index in [1.165, 1.54) is 81.5 Å². The van der Waals surface area contributed by atoms with Crippen LogP contribution in [-0.4, -0.2) is 4.98 Å². The van der Waals surface area contributed by atoms with Gasteiger partial charge in [0.05, 0.1) is 0 Å². The van der Waals surface area contributed by atoms with Crippen molar-refractivity contribution in [3.05, 3.63) is 35.5 Å². The van der Waals surface area contributed by atoms with E-state index in [0.29, 0.717) is 10.8 Å². The summed E-state index contributed by atoms with van der Waals surface area (Å²) in [6.07, 6.45) is 15.9. The van der Waals surface area contributed by atoms with E-state index in [4.69, 9.17) is 0 Å². The van der Waals surface area contributed by atoms with Crippen molar-refractivity contribution in [3.63, 3.8) is 0 Å². The number of hydrogen-bond donors (Lipinski definition) is 1. The van der Waals surface area contributed by atoms with E-state index in [9.17, 15) is 0 Å². The molecule has 6 rings (SSSR count). The molecule has 0 aliphatic heterocycles. The Hall–Kier alpha value is -1.24. The number of benzene rings is 1. The topological polar surface area (TPSA) is 15.8 Å². The number of rotatable bonds is 5. The summed E-state index contributed by atoms with van der Waals surface area (Å²) in [5, 5.41) is 1.51. The first-order valence-corrected chi connectivity index (χ1v) is 14.9. The minimum Gasteiger partial charge on any atom is -0.358 e. The summed E-state index contributed by atoms with van der Waals surface area (Å²) in [7, 11) is 0. The molecule has 1 heterocycles. The lowest BCUT2D eigenvalue weighted by Gasteiger charge is -2.60. The van der Waals surface area contributed by atoms with Crippen LogP contribution in [0, 0.1) is 52.3 Å². The standard InChI is InChI=1S/C33H49N/c1-21(2)9-8-10-22(3)27-15-16-28-25-14-13-23-19-31-26(24-11-6-7-12-30(24)34-31)20-33(23,5)29(25)17-18-32(27,28)4/h6-7,11-12,21-23,25,27-29,34H,8-10,13-20H2,1-5H3/t22-,23+,25-,27+,28+,29-,32-,33+/m1/s1. The smallest absolute Gasteiger partial charge is 0.0458 e. The van der Waals surface area contributed by atoms with Crippen molar-refractivity contribution in [1.82, 2.24) is 4.98 Å². The Kier molecular flexibility index (Phi) is 5.74. The van der Waals surface area contributed by atoms with Gasteiger partial charge in [0.25, 0.3) is 0 Å². The number of aromatic nitrogens is 1. The Labute approximate surface area is 208 Å². The third-order valence-corrected chi connectivity index (χ3v) is 12.2. The number of nitrogens with one attached hydrogen (secondary N) is 1. The first-order chi connectivity index (χ1) is 16.3. The molecule has 0 bridgehead atoms. The van der Waals surface area contributed by atoms with Crippen molar-refractivity contribution >= 4 is 10.9 Å². The number of para-hydroxylation sites is 1. The molecule has 4 aliphatic carbocycles. The SMILES string of the molecule is CC(C)CCC[C@@H](C)[C@@H]1CC[C@H]2[C@H]3CC[C@H]4Cc5[nH]c6ccccc6c5C[C@]4(C)[C@@H]3CC[C@@]21C. The normalized spacial score (nSPS) is 40.0. The summed E-state index contributed by atoms with van der Waals surface area (Å²) >= 11 is 0. The quantitative estimate of drug-likeness (QED) is 0.458. The van der Waals surface area contributed by atoms with E-state index in [1.807, 2.05) is 0 Å². The second-order valence-corrected chi connectivity index (χ2v) is 14.2. The lowest BCUT2D eigenvalue weighted by atomic mass is 9.44. The molecule has 0 spiro atoms. The molecule has 1 aromatic carbocycles. The maximum Gasteiger partial charge on any atom is 0.0458 e. The Morgan fingerprint density at radius 3 is 2.53 bits per heavy atom. The van der Waals surface area contributed by atoms with Gasteiger partial charge in [-0.2, -0.15) is 0 Å². The molecular formula is C33H49N. The summed E-state index contributed by atoms with van der Waals surface area (Å²) in [6.45, 7) is 12.9. The molecule has 4 aliphatic rings. The van der Waals surface area contributed by atoms with E-state index in [1.54, 1.807) is 11.3 Å². The molecule has 186 valence electrons. The van der Waals surface area contributed by atoms with Crippen molar-refractivity contribution in [2.75, 3.05) is 0 Å². The first kappa shape index (κ1) is 23.2. The zero-order valence-electron chi connectivity index (χ0n) is 22.6. The second kappa shape index (κ2) is 8.41. The van der Waals surface area contributed by atoms with Crippen LogP contribution >= 0.6 is 0 Å². The van der Waals surface area contributed by atoms with Gasteiger partial charge < -0.3 is 4.98 Å². The fourth-order valence-electron chi connectivity index (χ4n) is 10.4. The van der Waals surface area contributed by atoms with Crippen LogP contribution in [-0.2, 0) is 12.8 Å². The summed E-state index contributed by atoms with van der Waals surface area (Å²) in [5.41, 5.74) is 5.73. The zero-order valence-corrected chi connectivity index (χ0v) is 22.6. The predicted molar refractivity (Wildman–Crippen MR) is 145 cm³/mol. The van der Waals surface area contributed by atoms with Crippen molar-refractivity contribution < 1.29 is 0 Å². The molecular weight excluding hydrogens is 410 g/mol. The summed E-state index contributed by atoms with van der Waals surface area (Å²) < 4.78 is 0. The monoisotopic (exact) mass is 459 g/mol. The third-order valence-electron chi connectivity index (χ3n) is 12.2. The summed E-state index contributed by atoms with van der Waals surface area (Å²) in [4.78, 5) is 3.82. The van der Waals surface area contributed by atoms with Gasteiger partial charge in [0.1, 0.15) is 0 Å². The fourth-order valence-corrected chi connectivity index (χ4v) is 10.4. The number of fused-ring (bicyclic) bond motifs is 8. The second-order valence-electron chi connectivity index (χ2n) is 14.2. The Balaban J connectivity index is 1.24. The van der Waals surface area contributed by atoms with Crippen LogP contribution in [0.3, 0.4) is 0 Å². The highest BCUT2D eigenvalue weighted by atomic mass is 14.8. The van der Waals surface area contributed by atoms with E-state index in [-0.39, 0.29) is 0 Å². The van der Waals surface area contributed by atoms with Gasteiger partial charge >= 0.3 is 0 Å². The average molecular weight is 460 g/mol. The van der Waals surface area contributed by atoms with Crippen molar-refractivity contribution in [2.45, 2.75) is 105 Å². The van der Waals surface area contributed by atoms with Gasteiger partial charge in [-0.3, -0.25) is 0 Å². The maximum absolute atomic E-state index is 3.82. The third kappa shape index (κ3) is 3.46. The van der Waals surface area contributed by atoms with E-state index >= 15 is 0 Å². The molecule has 0 saturated heterocycles. The summed E-state index contributed by atoms with van der Waals surface area (Å²) in [5.74, 6) is 6.56. The highest BCUT2D eigenvalue weighted by Gasteiger charge is 2.60. The van der Waals surface area contributed by atoms with E-state index in [2.05, 4.69) is 63.9 Å². The Morgan fingerprint density at radius 1 is 0.912 bits per heavy atom. The van der Waals surface area contributed by atoms with Crippen LogP contribution in [0.15, 0.2) is 24.3 Å². The molecule has 1 aromatic heterocycles. The van der Waals surface area contributed by atoms with Crippen LogP contribution < -0.4 is 0 Å². The largest absolute Gasteiger partial charge is 0.358 e. The molecule has 1 heteroatoms. The number of aromatic amines is 1. The van der Waals surface area contributed by atoms with Crippen LogP contribution in [0.2, 0.25) is 0 Å². The lowest BCUT2D eigenvalue weighted by Crippen LogP contribution is -2.54. The van der Waals surface area contributed by atoms with Crippen LogP contribution in [0.25, 0.3) is 10.9 Å². The Morgan fingerprint density at radius 2 is 1.71 bits per heavy atom. The minimum absolute atomic E-state index is 0.503. The molecule has 1 N–H and O–H groups in total. The summed E-state index contributed by atoms with van der Waals surface area (Å²) in [6, 6.07) is 9.09. The van der Waals surface area contributed by atoms with Crippen molar-refractivity contribution in [2.24, 2.45) is 52.3 Å². The molecule has 2 aromatic rings. The highest BCUT2D eigenvalue weighted by molar-refractivity contribution is 5.85. The van der Waals surface area contributed by atoms with Crippen LogP contribution in [0.4, 0.5) is 0 Å². The molecule has 0 amide bonds. The van der Waals surface area contributed by atoms with Gasteiger partial charge in [-0.1, -0.05) is 72.1 Å². The van der Waals surface area contributed by atoms with Crippen molar-refractivity contribution in [1.29, 1.82) is 0 Å². The van der Waals surface area contributed by atoms with Crippen LogP contribution in [0.5, 0.6) is 0 Å². The van der Waals surface area contributed by atoms with Gasteiger partial charge in [0, 0.05) is 16.6 Å². The molecule has 8 atom stereocenters. The van der Waals surface area contributed by atoms with Crippen molar-refractivity contribution in [3.8, 4) is 0 Å². The molecule has 0 unspecified atom stereocenters. The van der Waals surface area contributed by atoms with Gasteiger partial charge in [0.2, 0.25) is 0 Å². The lowest BCUT2D eigenvalue weighted by molar-refractivity contribution is -0.103. The fraction of sp³-hybridized carbons (Fsp3) is 0.758. The molecule has 34 heavy (non-hydrogen) atoms. The number of H-pyrrole nitrogens is 1. The zero-order chi connectivity index (χ0) is 23.7. The highest BCUT2D eigenvalue weighted by Crippen LogP contribution is 2.68. The van der Waals surface area contributed by atoms with E-state index in [0.717, 1.165) is 41.4 Å². The molecule has 3 fully saturated rings. The molecule has 1 nitrogen and oxygen atoms in total. The van der Waals surface area contributed by atoms with Crippen LogP contribution in [0.1, 0.15) is 104 Å². The van der Waals surface area contributed by atoms with Gasteiger partial charge in [-0.05, 0) is 115 Å². The van der Waals surface area contributed by atoms with E-state index < -0.39 is 0 Å². The minimum atomic E-state index is 0.503.